The number of hydrogen-bond donors (Lipinski definition) is 1. The van der Waals surface area contributed by atoms with E-state index in [1.807, 2.05) is 30.5 Å². The van der Waals surface area contributed by atoms with Crippen molar-refractivity contribution in [2.24, 2.45) is 10.9 Å². The van der Waals surface area contributed by atoms with Crippen molar-refractivity contribution >= 4 is 39.6 Å². The van der Waals surface area contributed by atoms with Gasteiger partial charge in [0.05, 0.1) is 45.9 Å². The fourth-order valence-corrected chi connectivity index (χ4v) is 4.06. The fourth-order valence-electron chi connectivity index (χ4n) is 3.90. The number of hydrogen-bond acceptors (Lipinski definition) is 5. The van der Waals surface area contributed by atoms with E-state index in [-0.39, 0.29) is 10.6 Å². The molecule has 1 saturated heterocycles. The van der Waals surface area contributed by atoms with Crippen LogP contribution in [0.4, 0.5) is 14.5 Å². The van der Waals surface area contributed by atoms with Gasteiger partial charge in [-0.15, -0.1) is 0 Å². The average molecular weight is 440 g/mol. The molecule has 158 valence electrons. The molecular formula is C23H20ClF2N5. The minimum atomic E-state index is -0.795. The molecule has 1 fully saturated rings. The van der Waals surface area contributed by atoms with Gasteiger partial charge in [-0.1, -0.05) is 17.7 Å². The quantitative estimate of drug-likeness (QED) is 0.608. The van der Waals surface area contributed by atoms with Crippen LogP contribution in [0.1, 0.15) is 11.3 Å². The molecule has 2 aromatic heterocycles. The van der Waals surface area contributed by atoms with Gasteiger partial charge in [0.15, 0.2) is 0 Å². The predicted octanol–water partition coefficient (Wildman–Crippen LogP) is 4.10. The Labute approximate surface area is 183 Å². The van der Waals surface area contributed by atoms with Crippen molar-refractivity contribution in [1.29, 1.82) is 0 Å². The van der Waals surface area contributed by atoms with Crippen LogP contribution in [-0.2, 0) is 0 Å². The smallest absolute Gasteiger partial charge is 0.144 e. The Bertz CT molecular complexity index is 1240. The molecule has 8 heteroatoms. The first-order valence-electron chi connectivity index (χ1n) is 10.1. The van der Waals surface area contributed by atoms with Gasteiger partial charge >= 0.3 is 0 Å². The minimum absolute atomic E-state index is 0.143. The number of pyridine rings is 2. The van der Waals surface area contributed by atoms with Gasteiger partial charge in [-0.2, -0.15) is 0 Å². The van der Waals surface area contributed by atoms with Crippen LogP contribution >= 0.6 is 11.6 Å². The average Bonchev–Trinajstić information content (AvgIpc) is 3.22. The molecule has 0 amide bonds. The second-order valence-electron chi connectivity index (χ2n) is 7.89. The van der Waals surface area contributed by atoms with Crippen LogP contribution in [0, 0.1) is 17.6 Å². The molecule has 2 aliphatic rings. The Morgan fingerprint density at radius 3 is 2.74 bits per heavy atom. The Balaban J connectivity index is 1.48. The Kier molecular flexibility index (Phi) is 5.16. The summed E-state index contributed by atoms with van der Waals surface area (Å²) in [6.07, 6.45) is 3.74. The zero-order valence-corrected chi connectivity index (χ0v) is 17.6. The summed E-state index contributed by atoms with van der Waals surface area (Å²) < 4.78 is 28.1. The van der Waals surface area contributed by atoms with E-state index in [0.29, 0.717) is 29.4 Å². The maximum absolute atomic E-state index is 14.5. The molecule has 0 spiro atoms. The summed E-state index contributed by atoms with van der Waals surface area (Å²) in [6.45, 7) is 3.42. The van der Waals surface area contributed by atoms with Crippen LogP contribution in [0.3, 0.4) is 0 Å². The third-order valence-corrected chi connectivity index (χ3v) is 5.99. The monoisotopic (exact) mass is 439 g/mol. The molecule has 31 heavy (non-hydrogen) atoms. The first kappa shape index (κ1) is 20.0. The van der Waals surface area contributed by atoms with Crippen molar-refractivity contribution in [3.05, 3.63) is 70.5 Å². The van der Waals surface area contributed by atoms with E-state index in [0.717, 1.165) is 42.4 Å². The van der Waals surface area contributed by atoms with Crippen molar-refractivity contribution in [2.75, 3.05) is 38.1 Å². The lowest BCUT2D eigenvalue weighted by Gasteiger charge is -2.32. The summed E-state index contributed by atoms with van der Waals surface area (Å²) in [5.41, 5.74) is 4.46. The zero-order valence-electron chi connectivity index (χ0n) is 16.9. The molecule has 4 heterocycles. The van der Waals surface area contributed by atoms with Gasteiger partial charge < -0.3 is 10.2 Å². The van der Waals surface area contributed by atoms with Crippen LogP contribution in [0.5, 0.6) is 0 Å². The molecule has 5 nitrogen and oxygen atoms in total. The molecule has 0 saturated carbocycles. The maximum atomic E-state index is 14.5. The van der Waals surface area contributed by atoms with Gasteiger partial charge in [-0.3, -0.25) is 9.98 Å². The Hall–Kier alpha value is -2.90. The summed E-state index contributed by atoms with van der Waals surface area (Å²) in [6, 6.07) is 7.80. The van der Waals surface area contributed by atoms with E-state index in [1.165, 1.54) is 6.07 Å². The SMILES string of the molecule is CN(CC1CNC1)c1cnc2ccc(C3=CCN=C3c3cc(Cl)c(F)cc3F)nc2c1. The van der Waals surface area contributed by atoms with Crippen molar-refractivity contribution in [1.82, 2.24) is 15.3 Å². The van der Waals surface area contributed by atoms with Crippen molar-refractivity contribution in [3.63, 3.8) is 0 Å². The number of benzene rings is 1. The number of aliphatic imine (C=N–C) groups is 1. The fraction of sp³-hybridized carbons (Fsp3) is 0.261. The molecule has 0 atom stereocenters. The lowest BCUT2D eigenvalue weighted by atomic mass is 9.99. The number of anilines is 1. The standard InChI is InChI=1S/C23H20ClF2N5/c1-31(12-13-9-27-10-13)14-6-22-21(29-11-14)3-2-20(30-22)15-4-5-28-23(15)16-7-17(24)19(26)8-18(16)25/h2-4,6-8,11,13,27H,5,9-10,12H2,1H3. The molecule has 0 unspecified atom stereocenters. The van der Waals surface area contributed by atoms with Crippen LogP contribution in [0.25, 0.3) is 16.6 Å². The third kappa shape index (κ3) is 3.79. The van der Waals surface area contributed by atoms with E-state index in [1.54, 1.807) is 0 Å². The Morgan fingerprint density at radius 2 is 1.97 bits per heavy atom. The van der Waals surface area contributed by atoms with Crippen molar-refractivity contribution in [2.45, 2.75) is 0 Å². The molecule has 2 aliphatic heterocycles. The summed E-state index contributed by atoms with van der Waals surface area (Å²) in [4.78, 5) is 15.9. The van der Waals surface area contributed by atoms with E-state index in [2.05, 4.69) is 27.2 Å². The molecular weight excluding hydrogens is 420 g/mol. The van der Waals surface area contributed by atoms with Crippen molar-refractivity contribution in [3.8, 4) is 0 Å². The van der Waals surface area contributed by atoms with Crippen LogP contribution in [0.2, 0.25) is 5.02 Å². The first-order valence-corrected chi connectivity index (χ1v) is 10.5. The highest BCUT2D eigenvalue weighted by atomic mass is 35.5. The highest BCUT2D eigenvalue weighted by molar-refractivity contribution is 6.35. The van der Waals surface area contributed by atoms with E-state index < -0.39 is 11.6 Å². The van der Waals surface area contributed by atoms with E-state index >= 15 is 0 Å². The minimum Gasteiger partial charge on any atom is -0.373 e. The molecule has 1 N–H and O–H groups in total. The van der Waals surface area contributed by atoms with Gasteiger partial charge in [0, 0.05) is 49.8 Å². The van der Waals surface area contributed by atoms with Crippen molar-refractivity contribution < 1.29 is 8.78 Å². The lowest BCUT2D eigenvalue weighted by Crippen LogP contribution is -2.47. The summed E-state index contributed by atoms with van der Waals surface area (Å²) >= 11 is 5.89. The van der Waals surface area contributed by atoms with Crippen LogP contribution in [0.15, 0.2) is 47.6 Å². The second kappa shape index (κ2) is 7.98. The lowest BCUT2D eigenvalue weighted by molar-refractivity contribution is 0.353. The number of nitrogens with one attached hydrogen (secondary N) is 1. The van der Waals surface area contributed by atoms with Gasteiger partial charge in [-0.05, 0) is 24.3 Å². The Morgan fingerprint density at radius 1 is 1.13 bits per heavy atom. The summed E-state index contributed by atoms with van der Waals surface area (Å²) in [5, 5.41) is 3.14. The van der Waals surface area contributed by atoms with Crippen LogP contribution in [-0.4, -0.2) is 48.9 Å². The van der Waals surface area contributed by atoms with Gasteiger partial charge in [-0.25, -0.2) is 13.8 Å². The molecule has 1 aromatic carbocycles. The maximum Gasteiger partial charge on any atom is 0.144 e. The van der Waals surface area contributed by atoms with E-state index in [4.69, 9.17) is 16.6 Å². The number of aromatic nitrogens is 2. The summed E-state index contributed by atoms with van der Waals surface area (Å²) in [7, 11) is 2.05. The largest absolute Gasteiger partial charge is 0.373 e. The molecule has 3 aromatic rings. The van der Waals surface area contributed by atoms with Gasteiger partial charge in [0.2, 0.25) is 0 Å². The van der Waals surface area contributed by atoms with E-state index in [9.17, 15) is 8.78 Å². The predicted molar refractivity (Wildman–Crippen MR) is 120 cm³/mol. The topological polar surface area (TPSA) is 53.4 Å². The second-order valence-corrected chi connectivity index (χ2v) is 8.29. The zero-order chi connectivity index (χ0) is 21.5. The molecule has 0 bridgehead atoms. The number of nitrogens with zero attached hydrogens (tertiary/aromatic N) is 4. The molecule has 0 radical (unpaired) electrons. The first-order chi connectivity index (χ1) is 15.0. The number of rotatable bonds is 5. The van der Waals surface area contributed by atoms with Gasteiger partial charge in [0.1, 0.15) is 11.6 Å². The normalized spacial score (nSPS) is 16.3. The van der Waals surface area contributed by atoms with Gasteiger partial charge in [0.25, 0.3) is 0 Å². The number of fused-ring (bicyclic) bond motifs is 1. The third-order valence-electron chi connectivity index (χ3n) is 5.70. The highest BCUT2D eigenvalue weighted by Crippen LogP contribution is 2.29. The molecule has 5 rings (SSSR count). The number of allylic oxidation sites excluding steroid dienone is 1. The van der Waals surface area contributed by atoms with Crippen LogP contribution < -0.4 is 10.2 Å². The molecule has 0 aliphatic carbocycles. The number of halogens is 3. The summed E-state index contributed by atoms with van der Waals surface area (Å²) in [5.74, 6) is -0.860. The highest BCUT2D eigenvalue weighted by Gasteiger charge is 2.23.